The van der Waals surface area contributed by atoms with Crippen molar-refractivity contribution in [1.82, 2.24) is 10.6 Å². The van der Waals surface area contributed by atoms with Gasteiger partial charge in [0.15, 0.2) is 0 Å². The van der Waals surface area contributed by atoms with Crippen LogP contribution in [0.15, 0.2) is 18.2 Å². The Hall–Kier alpha value is -1.55. The van der Waals surface area contributed by atoms with Gasteiger partial charge in [-0.1, -0.05) is 17.7 Å². The van der Waals surface area contributed by atoms with Gasteiger partial charge >= 0.3 is 0 Å². The number of aryl methyl sites for hydroxylation is 1. The Bertz CT molecular complexity index is 454. The number of carbonyl (C=O) groups is 1. The van der Waals surface area contributed by atoms with Crippen LogP contribution in [0.25, 0.3) is 0 Å². The number of amides is 1. The average molecular weight is 276 g/mol. The van der Waals surface area contributed by atoms with Gasteiger partial charge in [0.25, 0.3) is 0 Å². The molecule has 20 heavy (non-hydrogen) atoms. The quantitative estimate of drug-likeness (QED) is 0.833. The molecule has 1 aliphatic heterocycles. The first kappa shape index (κ1) is 14.9. The predicted molar refractivity (Wildman–Crippen MR) is 80.1 cm³/mol. The van der Waals surface area contributed by atoms with E-state index >= 15 is 0 Å². The van der Waals surface area contributed by atoms with Crippen molar-refractivity contribution in [2.24, 2.45) is 0 Å². The van der Waals surface area contributed by atoms with Gasteiger partial charge in [-0.25, -0.2) is 0 Å². The van der Waals surface area contributed by atoms with E-state index < -0.39 is 0 Å². The van der Waals surface area contributed by atoms with Crippen LogP contribution in [0.3, 0.4) is 0 Å². The van der Waals surface area contributed by atoms with Crippen molar-refractivity contribution in [3.8, 4) is 5.75 Å². The SMILES string of the molecule is COc1ccc(C)cc1CCNC(=O)CC1CCCN1. The summed E-state index contributed by atoms with van der Waals surface area (Å²) in [5, 5.41) is 6.33. The molecule has 0 radical (unpaired) electrons. The molecule has 1 amide bonds. The fourth-order valence-corrected chi connectivity index (χ4v) is 2.67. The lowest BCUT2D eigenvalue weighted by Crippen LogP contribution is -2.32. The van der Waals surface area contributed by atoms with Gasteiger partial charge in [-0.3, -0.25) is 4.79 Å². The molecular formula is C16H24N2O2. The summed E-state index contributed by atoms with van der Waals surface area (Å²) < 4.78 is 5.34. The first-order valence-corrected chi connectivity index (χ1v) is 7.32. The van der Waals surface area contributed by atoms with E-state index in [4.69, 9.17) is 4.74 Å². The lowest BCUT2D eigenvalue weighted by molar-refractivity contribution is -0.121. The minimum atomic E-state index is 0.135. The third-order valence-corrected chi connectivity index (χ3v) is 3.75. The first-order chi connectivity index (χ1) is 9.69. The van der Waals surface area contributed by atoms with Crippen LogP contribution in [0.4, 0.5) is 0 Å². The number of rotatable bonds is 6. The van der Waals surface area contributed by atoms with E-state index in [0.717, 1.165) is 30.7 Å². The summed E-state index contributed by atoms with van der Waals surface area (Å²) in [6.07, 6.45) is 3.68. The third-order valence-electron chi connectivity index (χ3n) is 3.75. The molecule has 1 fully saturated rings. The molecule has 4 nitrogen and oxygen atoms in total. The Kier molecular flexibility index (Phi) is 5.41. The maximum Gasteiger partial charge on any atom is 0.221 e. The van der Waals surface area contributed by atoms with Gasteiger partial charge in [-0.15, -0.1) is 0 Å². The Morgan fingerprint density at radius 1 is 1.50 bits per heavy atom. The molecule has 0 bridgehead atoms. The molecule has 1 aliphatic rings. The van der Waals surface area contributed by atoms with Gasteiger partial charge in [-0.2, -0.15) is 0 Å². The average Bonchev–Trinajstić information content (AvgIpc) is 2.92. The lowest BCUT2D eigenvalue weighted by atomic mass is 10.1. The van der Waals surface area contributed by atoms with E-state index in [-0.39, 0.29) is 5.91 Å². The highest BCUT2D eigenvalue weighted by molar-refractivity contribution is 5.76. The molecule has 2 rings (SSSR count). The van der Waals surface area contributed by atoms with Crippen molar-refractivity contribution in [3.05, 3.63) is 29.3 Å². The number of ether oxygens (including phenoxy) is 1. The molecule has 110 valence electrons. The van der Waals surface area contributed by atoms with Crippen LogP contribution in [-0.2, 0) is 11.2 Å². The van der Waals surface area contributed by atoms with Gasteiger partial charge in [0.1, 0.15) is 5.75 Å². The van der Waals surface area contributed by atoms with E-state index in [9.17, 15) is 4.79 Å². The van der Waals surface area contributed by atoms with Crippen molar-refractivity contribution < 1.29 is 9.53 Å². The summed E-state index contributed by atoms with van der Waals surface area (Å²) in [5.74, 6) is 1.03. The monoisotopic (exact) mass is 276 g/mol. The van der Waals surface area contributed by atoms with Crippen LogP contribution >= 0.6 is 0 Å². The molecular weight excluding hydrogens is 252 g/mol. The molecule has 1 saturated heterocycles. The molecule has 1 atom stereocenters. The number of methoxy groups -OCH3 is 1. The number of carbonyl (C=O) groups excluding carboxylic acids is 1. The molecule has 0 aromatic heterocycles. The summed E-state index contributed by atoms with van der Waals surface area (Å²) in [4.78, 5) is 11.8. The Labute approximate surface area is 120 Å². The maximum absolute atomic E-state index is 11.8. The number of hydrogen-bond donors (Lipinski definition) is 2. The summed E-state index contributed by atoms with van der Waals surface area (Å²) in [6, 6.07) is 6.49. The molecule has 4 heteroatoms. The van der Waals surface area contributed by atoms with Crippen LogP contribution in [0.5, 0.6) is 5.75 Å². The normalized spacial score (nSPS) is 18.0. The van der Waals surface area contributed by atoms with E-state index in [0.29, 0.717) is 19.0 Å². The van der Waals surface area contributed by atoms with Crippen LogP contribution in [0.1, 0.15) is 30.4 Å². The standard InChI is InChI=1S/C16H24N2O2/c1-12-5-6-15(20-2)13(10-12)7-9-18-16(19)11-14-4-3-8-17-14/h5-6,10,14,17H,3-4,7-9,11H2,1-2H3,(H,18,19). The van der Waals surface area contributed by atoms with Gasteiger partial charge in [-0.05, 0) is 44.4 Å². The molecule has 2 N–H and O–H groups in total. The maximum atomic E-state index is 11.8. The topological polar surface area (TPSA) is 50.4 Å². The van der Waals surface area contributed by atoms with Crippen LogP contribution in [0, 0.1) is 6.92 Å². The van der Waals surface area contributed by atoms with E-state index in [2.05, 4.69) is 23.6 Å². The molecule has 0 aliphatic carbocycles. The Morgan fingerprint density at radius 2 is 2.35 bits per heavy atom. The second-order valence-corrected chi connectivity index (χ2v) is 5.41. The fourth-order valence-electron chi connectivity index (χ4n) is 2.67. The minimum Gasteiger partial charge on any atom is -0.496 e. The van der Waals surface area contributed by atoms with Gasteiger partial charge < -0.3 is 15.4 Å². The van der Waals surface area contributed by atoms with Crippen LogP contribution in [0.2, 0.25) is 0 Å². The van der Waals surface area contributed by atoms with Crippen LogP contribution in [-0.4, -0.2) is 32.1 Å². The van der Waals surface area contributed by atoms with Crippen molar-refractivity contribution in [3.63, 3.8) is 0 Å². The Morgan fingerprint density at radius 3 is 3.05 bits per heavy atom. The lowest BCUT2D eigenvalue weighted by Gasteiger charge is -2.12. The zero-order valence-corrected chi connectivity index (χ0v) is 12.4. The van der Waals surface area contributed by atoms with Gasteiger partial charge in [0.05, 0.1) is 7.11 Å². The third kappa shape index (κ3) is 4.23. The fraction of sp³-hybridized carbons (Fsp3) is 0.562. The Balaban J connectivity index is 1.77. The van der Waals surface area contributed by atoms with Crippen molar-refractivity contribution in [2.75, 3.05) is 20.2 Å². The van der Waals surface area contributed by atoms with Gasteiger partial charge in [0.2, 0.25) is 5.91 Å². The highest BCUT2D eigenvalue weighted by Gasteiger charge is 2.17. The predicted octanol–water partition coefficient (Wildman–Crippen LogP) is 1.80. The number of benzene rings is 1. The van der Waals surface area contributed by atoms with Crippen molar-refractivity contribution >= 4 is 5.91 Å². The van der Waals surface area contributed by atoms with E-state index in [1.807, 2.05) is 12.1 Å². The molecule has 1 aromatic carbocycles. The summed E-state index contributed by atoms with van der Waals surface area (Å²) >= 11 is 0. The smallest absolute Gasteiger partial charge is 0.221 e. The van der Waals surface area contributed by atoms with Crippen molar-refractivity contribution in [2.45, 2.75) is 38.6 Å². The van der Waals surface area contributed by atoms with Crippen molar-refractivity contribution in [1.29, 1.82) is 0 Å². The molecule has 0 spiro atoms. The second-order valence-electron chi connectivity index (χ2n) is 5.41. The highest BCUT2D eigenvalue weighted by Crippen LogP contribution is 2.19. The second kappa shape index (κ2) is 7.29. The van der Waals surface area contributed by atoms with E-state index in [1.165, 1.54) is 12.0 Å². The number of nitrogens with one attached hydrogen (secondary N) is 2. The molecule has 1 aromatic rings. The molecule has 1 heterocycles. The zero-order valence-electron chi connectivity index (χ0n) is 12.4. The first-order valence-electron chi connectivity index (χ1n) is 7.32. The number of hydrogen-bond acceptors (Lipinski definition) is 3. The van der Waals surface area contributed by atoms with E-state index in [1.54, 1.807) is 7.11 Å². The van der Waals surface area contributed by atoms with Gasteiger partial charge in [0, 0.05) is 19.0 Å². The summed E-state index contributed by atoms with van der Waals surface area (Å²) in [6.45, 7) is 3.76. The molecule has 1 unspecified atom stereocenters. The minimum absolute atomic E-state index is 0.135. The van der Waals surface area contributed by atoms with Crippen LogP contribution < -0.4 is 15.4 Å². The molecule has 0 saturated carbocycles. The highest BCUT2D eigenvalue weighted by atomic mass is 16.5. The summed E-state index contributed by atoms with van der Waals surface area (Å²) in [7, 11) is 1.68. The zero-order chi connectivity index (χ0) is 14.4. The largest absolute Gasteiger partial charge is 0.496 e. The summed E-state index contributed by atoms with van der Waals surface area (Å²) in [5.41, 5.74) is 2.36.